The van der Waals surface area contributed by atoms with E-state index in [1.807, 2.05) is 0 Å². The molecule has 0 saturated carbocycles. The van der Waals surface area contributed by atoms with Crippen molar-refractivity contribution >= 4 is 70.8 Å². The van der Waals surface area contributed by atoms with Crippen molar-refractivity contribution in [1.82, 2.24) is 0 Å². The molecular formula is C71H53N. The Morgan fingerprint density at radius 3 is 1.33 bits per heavy atom. The molecule has 0 saturated heterocycles. The van der Waals surface area contributed by atoms with Gasteiger partial charge in [-0.05, 0) is 153 Å². The average molecular weight is 920 g/mol. The Bertz CT molecular complexity index is 4170. The Kier molecular flexibility index (Phi) is 10.6. The lowest BCUT2D eigenvalue weighted by Gasteiger charge is -2.40. The van der Waals surface area contributed by atoms with Crippen LogP contribution < -0.4 is 4.90 Å². The van der Waals surface area contributed by atoms with Crippen molar-refractivity contribution in [2.45, 2.75) is 27.2 Å². The Hall–Kier alpha value is -8.78. The van der Waals surface area contributed by atoms with Crippen molar-refractivity contribution in [3.8, 4) is 44.5 Å². The summed E-state index contributed by atoms with van der Waals surface area (Å²) in [5, 5.41) is 12.5. The van der Waals surface area contributed by atoms with Gasteiger partial charge < -0.3 is 4.90 Å². The highest BCUT2D eigenvalue weighted by Gasteiger charge is 2.33. The summed E-state index contributed by atoms with van der Waals surface area (Å²) in [6, 6.07) is 89.8. The van der Waals surface area contributed by atoms with Crippen LogP contribution in [0.4, 0.5) is 11.4 Å². The van der Waals surface area contributed by atoms with Crippen LogP contribution in [0.2, 0.25) is 0 Å². The zero-order chi connectivity index (χ0) is 48.3. The second kappa shape index (κ2) is 17.6. The van der Waals surface area contributed by atoms with E-state index < -0.39 is 0 Å². The number of nitrogens with zero attached hydrogens (tertiary/aromatic N) is 1. The van der Waals surface area contributed by atoms with Crippen LogP contribution in [0.3, 0.4) is 0 Å². The molecule has 0 unspecified atom stereocenters. The summed E-state index contributed by atoms with van der Waals surface area (Å²) >= 11 is 0. The topological polar surface area (TPSA) is 3.24 Å². The Labute approximate surface area is 422 Å². The Morgan fingerprint density at radius 1 is 0.347 bits per heavy atom. The molecule has 1 heteroatoms. The van der Waals surface area contributed by atoms with Crippen molar-refractivity contribution in [1.29, 1.82) is 0 Å². The fraction of sp³-hybridized carbons (Fsp3) is 0.0704. The highest BCUT2D eigenvalue weighted by atomic mass is 15.2. The number of rotatable bonds is 8. The number of allylic oxidation sites excluding steroid dienone is 4. The zero-order valence-electron chi connectivity index (χ0n) is 40.9. The fourth-order valence-corrected chi connectivity index (χ4v) is 11.6. The second-order valence-corrected chi connectivity index (χ2v) is 20.2. The Balaban J connectivity index is 1.000. The van der Waals surface area contributed by atoms with Crippen molar-refractivity contribution in [2.24, 2.45) is 5.41 Å². The van der Waals surface area contributed by atoms with Gasteiger partial charge in [-0.2, -0.15) is 0 Å². The molecule has 0 spiro atoms. The molecule has 13 rings (SSSR count). The van der Waals surface area contributed by atoms with Gasteiger partial charge in [-0.15, -0.1) is 0 Å². The van der Waals surface area contributed by atoms with E-state index in [2.05, 4.69) is 280 Å². The average Bonchev–Trinajstić information content (AvgIpc) is 3.43. The highest BCUT2D eigenvalue weighted by molar-refractivity contribution is 6.11. The first-order valence-electron chi connectivity index (χ1n) is 25.3. The van der Waals surface area contributed by atoms with Crippen LogP contribution >= 0.6 is 0 Å². The molecule has 1 nitrogen and oxygen atoms in total. The summed E-state index contributed by atoms with van der Waals surface area (Å²) < 4.78 is 0. The van der Waals surface area contributed by atoms with E-state index in [4.69, 9.17) is 0 Å². The molecule has 0 bridgehead atoms. The van der Waals surface area contributed by atoms with Crippen LogP contribution in [0.5, 0.6) is 0 Å². The van der Waals surface area contributed by atoms with E-state index in [1.54, 1.807) is 0 Å². The lowest BCUT2D eigenvalue weighted by molar-refractivity contribution is 0.442. The van der Waals surface area contributed by atoms with Crippen LogP contribution in [-0.2, 0) is 0 Å². The highest BCUT2D eigenvalue weighted by Crippen LogP contribution is 2.49. The first-order valence-corrected chi connectivity index (χ1v) is 25.3. The van der Waals surface area contributed by atoms with Gasteiger partial charge in [0, 0.05) is 22.5 Å². The summed E-state index contributed by atoms with van der Waals surface area (Å²) in [5.74, 6) is 0. The SMILES string of the molecule is Cc1ccc(-c2ccc(-c3cccc4ccccc34)c3ccccc23)cc1N(C1=CC(c2ccc(-c3cccc4ccccc34)c3ccccc23)=CCC1(C)C)c1cccc(-c2cccc3ccccc23)c1. The van der Waals surface area contributed by atoms with Gasteiger partial charge in [0.25, 0.3) is 0 Å². The first kappa shape index (κ1) is 43.3. The molecule has 0 N–H and O–H groups in total. The summed E-state index contributed by atoms with van der Waals surface area (Å²) in [4.78, 5) is 2.58. The van der Waals surface area contributed by atoms with Gasteiger partial charge in [-0.3, -0.25) is 0 Å². The van der Waals surface area contributed by atoms with E-state index in [-0.39, 0.29) is 5.41 Å². The number of hydrogen-bond donors (Lipinski definition) is 0. The van der Waals surface area contributed by atoms with Crippen LogP contribution in [0, 0.1) is 12.3 Å². The van der Waals surface area contributed by atoms with Crippen molar-refractivity contribution < 1.29 is 0 Å². The number of anilines is 2. The lowest BCUT2D eigenvalue weighted by Crippen LogP contribution is -2.30. The standard InChI is InChI=1S/C71H53N/c1-47-36-37-52(59-38-40-67(65-31-12-10-29-61(59)65)63-34-16-22-49-19-5-8-27-56(49)63)45-69(47)72(54-25-14-24-51(44-54)58-33-15-21-48-18-4-7-26-55(48)58)70-46-53(42-43-71(70,2)3)60-39-41-68(66-32-13-11-30-62(60)66)64-35-17-23-50-20-6-9-28-57(50)64/h4-42,44-46H,43H2,1-3H3. The smallest absolute Gasteiger partial charge is 0.0493 e. The second-order valence-electron chi connectivity index (χ2n) is 20.2. The minimum atomic E-state index is -0.215. The molecule has 0 heterocycles. The summed E-state index contributed by atoms with van der Waals surface area (Å²) in [6.45, 7) is 7.09. The molecule has 1 aliphatic carbocycles. The lowest BCUT2D eigenvalue weighted by atomic mass is 9.77. The van der Waals surface area contributed by atoms with Crippen LogP contribution in [0.1, 0.15) is 31.4 Å². The van der Waals surface area contributed by atoms with Gasteiger partial charge in [0.2, 0.25) is 0 Å². The van der Waals surface area contributed by atoms with E-state index >= 15 is 0 Å². The number of aryl methyl sites for hydroxylation is 1. The number of fused-ring (bicyclic) bond motifs is 5. The van der Waals surface area contributed by atoms with Gasteiger partial charge >= 0.3 is 0 Å². The van der Waals surface area contributed by atoms with Gasteiger partial charge in [-0.25, -0.2) is 0 Å². The summed E-state index contributed by atoms with van der Waals surface area (Å²) in [6.07, 6.45) is 5.85. The molecule has 1 aliphatic rings. The normalized spacial score (nSPS) is 13.4. The molecule has 0 radical (unpaired) electrons. The maximum atomic E-state index is 2.58. The molecule has 0 aliphatic heterocycles. The number of benzene rings is 12. The molecule has 0 amide bonds. The van der Waals surface area contributed by atoms with Crippen molar-refractivity contribution in [3.63, 3.8) is 0 Å². The van der Waals surface area contributed by atoms with Crippen LogP contribution in [-0.4, -0.2) is 0 Å². The third-order valence-electron chi connectivity index (χ3n) is 15.3. The van der Waals surface area contributed by atoms with E-state index in [0.717, 1.165) is 12.1 Å². The molecule has 0 atom stereocenters. The van der Waals surface area contributed by atoms with Crippen molar-refractivity contribution in [3.05, 3.63) is 272 Å². The van der Waals surface area contributed by atoms with Gasteiger partial charge in [0.15, 0.2) is 0 Å². The minimum Gasteiger partial charge on any atom is -0.313 e. The molecule has 0 aromatic heterocycles. The van der Waals surface area contributed by atoms with E-state index in [9.17, 15) is 0 Å². The van der Waals surface area contributed by atoms with Gasteiger partial charge in [0.1, 0.15) is 0 Å². The molecular weight excluding hydrogens is 867 g/mol. The van der Waals surface area contributed by atoms with E-state index in [1.165, 1.54) is 126 Å². The zero-order valence-corrected chi connectivity index (χ0v) is 40.9. The third-order valence-corrected chi connectivity index (χ3v) is 15.3. The van der Waals surface area contributed by atoms with Crippen LogP contribution in [0.25, 0.3) is 104 Å². The largest absolute Gasteiger partial charge is 0.313 e. The maximum Gasteiger partial charge on any atom is 0.0493 e. The summed E-state index contributed by atoms with van der Waals surface area (Å²) in [5.41, 5.74) is 16.9. The maximum absolute atomic E-state index is 2.58. The first-order chi connectivity index (χ1) is 35.4. The predicted molar refractivity (Wildman–Crippen MR) is 310 cm³/mol. The molecule has 12 aromatic rings. The summed E-state index contributed by atoms with van der Waals surface area (Å²) in [7, 11) is 0. The van der Waals surface area contributed by atoms with Crippen molar-refractivity contribution in [2.75, 3.05) is 4.90 Å². The van der Waals surface area contributed by atoms with E-state index in [0.29, 0.717) is 0 Å². The van der Waals surface area contributed by atoms with Gasteiger partial charge in [0.05, 0.1) is 0 Å². The third kappa shape index (κ3) is 7.40. The quantitative estimate of drug-likeness (QED) is 0.147. The number of hydrogen-bond acceptors (Lipinski definition) is 1. The molecule has 72 heavy (non-hydrogen) atoms. The molecule has 0 fully saturated rings. The Morgan fingerprint density at radius 2 is 0.750 bits per heavy atom. The monoisotopic (exact) mass is 919 g/mol. The minimum absolute atomic E-state index is 0.215. The molecule has 342 valence electrons. The predicted octanol–water partition coefficient (Wildman–Crippen LogP) is 20.0. The van der Waals surface area contributed by atoms with Crippen LogP contribution in [0.15, 0.2) is 261 Å². The molecule has 12 aromatic carbocycles. The van der Waals surface area contributed by atoms with Gasteiger partial charge in [-0.1, -0.05) is 244 Å². The fourth-order valence-electron chi connectivity index (χ4n) is 11.6.